The average Bonchev–Trinajstić information content (AvgIpc) is 2.71. The van der Waals surface area contributed by atoms with Crippen molar-refractivity contribution < 1.29 is 9.90 Å². The van der Waals surface area contributed by atoms with Gasteiger partial charge in [-0.25, -0.2) is 0 Å². The second-order valence-electron chi connectivity index (χ2n) is 3.15. The van der Waals surface area contributed by atoms with Crippen LogP contribution < -0.4 is 5.32 Å². The Hall–Kier alpha value is -1.01. The molecule has 1 aromatic heterocycles. The molecule has 2 heterocycles. The van der Waals surface area contributed by atoms with E-state index < -0.39 is 12.0 Å². The molecule has 2 atom stereocenters. The minimum absolute atomic E-state index is 0.0450. The third kappa shape index (κ3) is 1.62. The van der Waals surface area contributed by atoms with E-state index in [0.717, 1.165) is 5.69 Å². The van der Waals surface area contributed by atoms with E-state index in [9.17, 15) is 4.79 Å². The minimum atomic E-state index is -0.790. The van der Waals surface area contributed by atoms with Crippen LogP contribution in [0.15, 0.2) is 12.3 Å². The number of nitrogens with one attached hydrogen (secondary N) is 1. The minimum Gasteiger partial charge on any atom is -0.480 e. The molecule has 76 valence electrons. The molecule has 1 aliphatic heterocycles. The van der Waals surface area contributed by atoms with Crippen LogP contribution >= 0.6 is 11.8 Å². The van der Waals surface area contributed by atoms with Gasteiger partial charge in [0.05, 0.1) is 11.1 Å². The summed E-state index contributed by atoms with van der Waals surface area (Å²) in [5.41, 5.74) is 1.01. The molecule has 0 radical (unpaired) electrons. The first-order chi connectivity index (χ1) is 6.68. The standard InChI is InChI=1S/C8H11N3O2S/c1-11-6(2-3-9-11)7-10-5(4-14-7)8(12)13/h2-3,5,7,10H,4H2,1H3,(H,12,13)/t5-,7-/m0/s1. The number of carboxylic acid groups (broad SMARTS) is 1. The van der Waals surface area contributed by atoms with E-state index in [-0.39, 0.29) is 5.37 Å². The largest absolute Gasteiger partial charge is 0.480 e. The van der Waals surface area contributed by atoms with E-state index in [1.807, 2.05) is 13.1 Å². The summed E-state index contributed by atoms with van der Waals surface area (Å²) < 4.78 is 1.76. The second-order valence-corrected chi connectivity index (χ2v) is 4.29. The lowest BCUT2D eigenvalue weighted by Crippen LogP contribution is -2.34. The fourth-order valence-corrected chi connectivity index (χ4v) is 2.71. The Morgan fingerprint density at radius 2 is 2.64 bits per heavy atom. The third-order valence-corrected chi connectivity index (χ3v) is 3.44. The highest BCUT2D eigenvalue weighted by molar-refractivity contribution is 7.99. The number of aliphatic carboxylic acids is 1. The first kappa shape index (κ1) is 9.54. The van der Waals surface area contributed by atoms with Crippen molar-refractivity contribution >= 4 is 17.7 Å². The molecule has 0 spiro atoms. The van der Waals surface area contributed by atoms with Crippen LogP contribution in [0, 0.1) is 0 Å². The lowest BCUT2D eigenvalue weighted by atomic mass is 10.3. The molecule has 2 N–H and O–H groups in total. The Morgan fingerprint density at radius 3 is 3.14 bits per heavy atom. The molecular formula is C8H11N3O2S. The van der Waals surface area contributed by atoms with Crippen molar-refractivity contribution in [2.75, 3.05) is 5.75 Å². The Morgan fingerprint density at radius 1 is 1.86 bits per heavy atom. The molecule has 6 heteroatoms. The topological polar surface area (TPSA) is 67.2 Å². The Labute approximate surface area is 85.5 Å². The molecule has 1 aromatic rings. The first-order valence-electron chi connectivity index (χ1n) is 4.27. The predicted molar refractivity (Wildman–Crippen MR) is 53.0 cm³/mol. The van der Waals surface area contributed by atoms with Crippen LogP contribution in [0.1, 0.15) is 11.1 Å². The first-order valence-corrected chi connectivity index (χ1v) is 5.31. The lowest BCUT2D eigenvalue weighted by Gasteiger charge is -2.10. The molecule has 0 bridgehead atoms. The maximum atomic E-state index is 10.7. The highest BCUT2D eigenvalue weighted by atomic mass is 32.2. The van der Waals surface area contributed by atoms with Gasteiger partial charge < -0.3 is 5.11 Å². The van der Waals surface area contributed by atoms with E-state index in [2.05, 4.69) is 10.4 Å². The van der Waals surface area contributed by atoms with Crippen molar-refractivity contribution in [2.24, 2.45) is 7.05 Å². The number of hydrogen-bond acceptors (Lipinski definition) is 4. The molecule has 1 saturated heterocycles. The quantitative estimate of drug-likeness (QED) is 0.735. The number of rotatable bonds is 2. The van der Waals surface area contributed by atoms with Crippen molar-refractivity contribution in [1.82, 2.24) is 15.1 Å². The van der Waals surface area contributed by atoms with Gasteiger partial charge in [-0.1, -0.05) is 0 Å². The molecule has 0 unspecified atom stereocenters. The number of carbonyl (C=O) groups is 1. The summed E-state index contributed by atoms with van der Waals surface area (Å²) in [4.78, 5) is 10.7. The van der Waals surface area contributed by atoms with Gasteiger partial charge in [0.25, 0.3) is 0 Å². The predicted octanol–water partition coefficient (Wildman–Crippen LogP) is 0.208. The normalized spacial score (nSPS) is 26.6. The number of carboxylic acids is 1. The van der Waals surface area contributed by atoms with Crippen LogP contribution in [0.5, 0.6) is 0 Å². The van der Waals surface area contributed by atoms with Gasteiger partial charge in [-0.3, -0.25) is 14.8 Å². The summed E-state index contributed by atoms with van der Waals surface area (Å²) in [7, 11) is 1.85. The summed E-state index contributed by atoms with van der Waals surface area (Å²) in [5, 5.41) is 15.9. The van der Waals surface area contributed by atoms with E-state index in [0.29, 0.717) is 5.75 Å². The highest BCUT2D eigenvalue weighted by Gasteiger charge is 2.31. The fraction of sp³-hybridized carbons (Fsp3) is 0.500. The molecule has 14 heavy (non-hydrogen) atoms. The van der Waals surface area contributed by atoms with Crippen molar-refractivity contribution in [2.45, 2.75) is 11.4 Å². The zero-order valence-corrected chi connectivity index (χ0v) is 8.49. The van der Waals surface area contributed by atoms with E-state index in [1.54, 1.807) is 22.6 Å². The summed E-state index contributed by atoms with van der Waals surface area (Å²) in [5.74, 6) is -0.187. The van der Waals surface area contributed by atoms with Crippen molar-refractivity contribution in [3.8, 4) is 0 Å². The molecule has 1 aliphatic rings. The van der Waals surface area contributed by atoms with E-state index in [4.69, 9.17) is 5.11 Å². The molecular weight excluding hydrogens is 202 g/mol. The van der Waals surface area contributed by atoms with Crippen molar-refractivity contribution in [1.29, 1.82) is 0 Å². The highest BCUT2D eigenvalue weighted by Crippen LogP contribution is 2.32. The molecule has 2 rings (SSSR count). The van der Waals surface area contributed by atoms with Gasteiger partial charge in [-0.15, -0.1) is 11.8 Å². The van der Waals surface area contributed by atoms with Gasteiger partial charge in [-0.05, 0) is 6.07 Å². The summed E-state index contributed by atoms with van der Waals surface area (Å²) >= 11 is 1.60. The Bertz CT molecular complexity index is 352. The summed E-state index contributed by atoms with van der Waals surface area (Å²) in [6.07, 6.45) is 1.71. The Balaban J connectivity index is 2.10. The van der Waals surface area contributed by atoms with Gasteiger partial charge in [0.15, 0.2) is 0 Å². The summed E-state index contributed by atoms with van der Waals surface area (Å²) in [6, 6.07) is 1.45. The molecule has 5 nitrogen and oxygen atoms in total. The van der Waals surface area contributed by atoms with Gasteiger partial charge in [0, 0.05) is 19.0 Å². The van der Waals surface area contributed by atoms with Gasteiger partial charge in [0.2, 0.25) is 0 Å². The van der Waals surface area contributed by atoms with Gasteiger partial charge in [-0.2, -0.15) is 5.10 Å². The number of nitrogens with zero attached hydrogens (tertiary/aromatic N) is 2. The maximum Gasteiger partial charge on any atom is 0.321 e. The fourth-order valence-electron chi connectivity index (χ4n) is 1.43. The Kier molecular flexibility index (Phi) is 2.47. The molecule has 1 fully saturated rings. The van der Waals surface area contributed by atoms with Crippen LogP contribution in [0.25, 0.3) is 0 Å². The smallest absolute Gasteiger partial charge is 0.321 e. The maximum absolute atomic E-state index is 10.7. The van der Waals surface area contributed by atoms with E-state index in [1.165, 1.54) is 0 Å². The van der Waals surface area contributed by atoms with Crippen molar-refractivity contribution in [3.05, 3.63) is 18.0 Å². The second kappa shape index (κ2) is 3.62. The summed E-state index contributed by atoms with van der Waals surface area (Å²) in [6.45, 7) is 0. The number of aryl methyl sites for hydroxylation is 1. The van der Waals surface area contributed by atoms with Gasteiger partial charge >= 0.3 is 5.97 Å². The van der Waals surface area contributed by atoms with Crippen LogP contribution in [-0.2, 0) is 11.8 Å². The monoisotopic (exact) mass is 213 g/mol. The molecule has 0 aromatic carbocycles. The van der Waals surface area contributed by atoms with Crippen LogP contribution in [0.2, 0.25) is 0 Å². The average molecular weight is 213 g/mol. The molecule has 0 amide bonds. The lowest BCUT2D eigenvalue weighted by molar-refractivity contribution is -0.138. The SMILES string of the molecule is Cn1nccc1[C@H]1N[C@H](C(=O)O)CS1. The zero-order valence-electron chi connectivity index (χ0n) is 7.67. The van der Waals surface area contributed by atoms with E-state index >= 15 is 0 Å². The molecule has 0 aliphatic carbocycles. The third-order valence-electron chi connectivity index (χ3n) is 2.21. The number of aromatic nitrogens is 2. The molecule has 0 saturated carbocycles. The zero-order chi connectivity index (χ0) is 10.1. The van der Waals surface area contributed by atoms with Crippen LogP contribution in [-0.4, -0.2) is 32.7 Å². The van der Waals surface area contributed by atoms with Crippen LogP contribution in [0.3, 0.4) is 0 Å². The number of thioether (sulfide) groups is 1. The van der Waals surface area contributed by atoms with Crippen molar-refractivity contribution in [3.63, 3.8) is 0 Å². The van der Waals surface area contributed by atoms with Crippen LogP contribution in [0.4, 0.5) is 0 Å². The number of hydrogen-bond donors (Lipinski definition) is 2. The van der Waals surface area contributed by atoms with Gasteiger partial charge in [0.1, 0.15) is 6.04 Å².